The number of halogens is 3. The lowest BCUT2D eigenvalue weighted by Crippen LogP contribution is -2.26. The molecule has 0 saturated heterocycles. The highest BCUT2D eigenvalue weighted by Crippen LogP contribution is 2.35. The molecule has 21 heavy (non-hydrogen) atoms. The number of nitrogens with zero attached hydrogens (tertiary/aromatic N) is 1. The molecule has 0 aromatic heterocycles. The summed E-state index contributed by atoms with van der Waals surface area (Å²) in [5.41, 5.74) is -1.49. The van der Waals surface area contributed by atoms with Crippen molar-refractivity contribution in [3.05, 3.63) is 29.3 Å². The van der Waals surface area contributed by atoms with E-state index in [1.165, 1.54) is 6.07 Å². The highest BCUT2D eigenvalue weighted by Gasteiger charge is 2.35. The van der Waals surface area contributed by atoms with Crippen molar-refractivity contribution in [2.75, 3.05) is 18.0 Å². The zero-order chi connectivity index (χ0) is 15.6. The maximum Gasteiger partial charge on any atom is 0.417 e. The Kier molecular flexibility index (Phi) is 4.12. The van der Waals surface area contributed by atoms with Crippen molar-refractivity contribution >= 4 is 11.7 Å². The largest absolute Gasteiger partial charge is 0.478 e. The van der Waals surface area contributed by atoms with Crippen LogP contribution in [0.4, 0.5) is 18.9 Å². The van der Waals surface area contributed by atoms with Crippen molar-refractivity contribution < 1.29 is 23.1 Å². The van der Waals surface area contributed by atoms with Gasteiger partial charge in [0.15, 0.2) is 0 Å². The number of hydrogen-bond donors (Lipinski definition) is 1. The standard InChI is InChI=1S/C15H14F3NO2/c1-2-7-19(9-10-3-4-10)11-5-6-13(15(16,17)18)12(8-11)14(20)21/h1,5-6,8,10H,3-4,7,9H2,(H,20,21). The van der Waals surface area contributed by atoms with E-state index in [9.17, 15) is 18.0 Å². The Morgan fingerprint density at radius 2 is 2.10 bits per heavy atom. The zero-order valence-electron chi connectivity index (χ0n) is 11.2. The zero-order valence-corrected chi connectivity index (χ0v) is 11.2. The van der Waals surface area contributed by atoms with E-state index in [1.807, 2.05) is 0 Å². The van der Waals surface area contributed by atoms with Gasteiger partial charge in [0.2, 0.25) is 0 Å². The quantitative estimate of drug-likeness (QED) is 0.848. The summed E-state index contributed by atoms with van der Waals surface area (Å²) in [5.74, 6) is 1.33. The van der Waals surface area contributed by atoms with Crippen LogP contribution in [0, 0.1) is 18.3 Å². The fourth-order valence-electron chi connectivity index (χ4n) is 2.14. The Morgan fingerprint density at radius 1 is 1.43 bits per heavy atom. The number of aromatic carboxylic acids is 1. The second-order valence-corrected chi connectivity index (χ2v) is 5.06. The second kappa shape index (κ2) is 5.68. The molecule has 0 amide bonds. The molecule has 6 heteroatoms. The molecule has 0 bridgehead atoms. The van der Waals surface area contributed by atoms with Gasteiger partial charge in [-0.3, -0.25) is 0 Å². The lowest BCUT2D eigenvalue weighted by Gasteiger charge is -2.23. The van der Waals surface area contributed by atoms with Gasteiger partial charge >= 0.3 is 12.1 Å². The van der Waals surface area contributed by atoms with Crippen LogP contribution in [0.15, 0.2) is 18.2 Å². The third kappa shape index (κ3) is 3.69. The fourth-order valence-corrected chi connectivity index (χ4v) is 2.14. The molecule has 1 N–H and O–H groups in total. The van der Waals surface area contributed by atoms with Gasteiger partial charge in [0.25, 0.3) is 0 Å². The van der Waals surface area contributed by atoms with Crippen molar-refractivity contribution in [3.63, 3.8) is 0 Å². The highest BCUT2D eigenvalue weighted by molar-refractivity contribution is 5.91. The summed E-state index contributed by atoms with van der Waals surface area (Å²) in [6.07, 6.45) is 2.70. The highest BCUT2D eigenvalue weighted by atomic mass is 19.4. The summed E-state index contributed by atoms with van der Waals surface area (Å²) in [4.78, 5) is 12.8. The molecule has 1 aliphatic rings. The van der Waals surface area contributed by atoms with E-state index in [1.54, 1.807) is 4.90 Å². The average molecular weight is 297 g/mol. The first-order valence-electron chi connectivity index (χ1n) is 6.46. The van der Waals surface area contributed by atoms with E-state index in [0.29, 0.717) is 18.2 Å². The second-order valence-electron chi connectivity index (χ2n) is 5.06. The molecule has 1 aliphatic carbocycles. The maximum atomic E-state index is 12.8. The Labute approximate surface area is 120 Å². The lowest BCUT2D eigenvalue weighted by molar-refractivity contribution is -0.138. The molecule has 0 heterocycles. The number of anilines is 1. The maximum absolute atomic E-state index is 12.8. The predicted octanol–water partition coefficient (Wildman–Crippen LogP) is 3.25. The number of carboxylic acid groups (broad SMARTS) is 1. The number of benzene rings is 1. The first kappa shape index (κ1) is 15.2. The summed E-state index contributed by atoms with van der Waals surface area (Å²) in [7, 11) is 0. The summed E-state index contributed by atoms with van der Waals surface area (Å²) in [6.45, 7) is 0.871. The average Bonchev–Trinajstić information content (AvgIpc) is 3.20. The van der Waals surface area contributed by atoms with Gasteiger partial charge in [0.1, 0.15) is 0 Å². The van der Waals surface area contributed by atoms with Crippen molar-refractivity contribution in [1.82, 2.24) is 0 Å². The van der Waals surface area contributed by atoms with Crippen LogP contribution < -0.4 is 4.90 Å². The monoisotopic (exact) mass is 297 g/mol. The van der Waals surface area contributed by atoms with E-state index < -0.39 is 23.3 Å². The molecule has 1 saturated carbocycles. The van der Waals surface area contributed by atoms with Gasteiger partial charge in [-0.25, -0.2) is 4.79 Å². The third-order valence-electron chi connectivity index (χ3n) is 3.36. The smallest absolute Gasteiger partial charge is 0.417 e. The molecule has 1 aromatic rings. The lowest BCUT2D eigenvalue weighted by atomic mass is 10.1. The van der Waals surface area contributed by atoms with Crippen LogP contribution in [0.2, 0.25) is 0 Å². The van der Waals surface area contributed by atoms with Crippen LogP contribution in [0.5, 0.6) is 0 Å². The van der Waals surface area contributed by atoms with Crippen LogP contribution in [-0.2, 0) is 6.18 Å². The summed E-state index contributed by atoms with van der Waals surface area (Å²) >= 11 is 0. The Balaban J connectivity index is 2.37. The molecule has 0 atom stereocenters. The van der Waals surface area contributed by atoms with Crippen molar-refractivity contribution in [2.24, 2.45) is 5.92 Å². The number of alkyl halides is 3. The number of hydrogen-bond acceptors (Lipinski definition) is 2. The number of rotatable bonds is 5. The van der Waals surface area contributed by atoms with Gasteiger partial charge < -0.3 is 10.0 Å². The van der Waals surface area contributed by atoms with Crippen molar-refractivity contribution in [2.45, 2.75) is 19.0 Å². The Hall–Kier alpha value is -2.16. The van der Waals surface area contributed by atoms with Gasteiger partial charge in [-0.05, 0) is 37.0 Å². The molecule has 0 spiro atoms. The summed E-state index contributed by atoms with van der Waals surface area (Å²) in [6, 6.07) is 3.12. The molecule has 1 aromatic carbocycles. The molecular weight excluding hydrogens is 283 g/mol. The normalized spacial score (nSPS) is 14.6. The minimum atomic E-state index is -4.69. The molecule has 112 valence electrons. The summed E-state index contributed by atoms with van der Waals surface area (Å²) in [5, 5.41) is 9.00. The van der Waals surface area contributed by atoms with Gasteiger partial charge in [-0.15, -0.1) is 6.42 Å². The van der Waals surface area contributed by atoms with E-state index in [4.69, 9.17) is 11.5 Å². The van der Waals surface area contributed by atoms with E-state index in [-0.39, 0.29) is 6.54 Å². The SMILES string of the molecule is C#CCN(CC1CC1)c1ccc(C(F)(F)F)c(C(=O)O)c1. The van der Waals surface area contributed by atoms with Gasteiger partial charge in [0.05, 0.1) is 17.7 Å². The number of terminal acetylenes is 1. The molecule has 0 radical (unpaired) electrons. The van der Waals surface area contributed by atoms with Crippen LogP contribution in [-0.4, -0.2) is 24.2 Å². The minimum Gasteiger partial charge on any atom is -0.478 e. The molecule has 0 aliphatic heterocycles. The third-order valence-corrected chi connectivity index (χ3v) is 3.36. The van der Waals surface area contributed by atoms with Gasteiger partial charge in [0, 0.05) is 12.2 Å². The summed E-state index contributed by atoms with van der Waals surface area (Å²) < 4.78 is 38.4. The van der Waals surface area contributed by atoms with E-state index >= 15 is 0 Å². The predicted molar refractivity (Wildman–Crippen MR) is 72.2 cm³/mol. The number of carboxylic acids is 1. The van der Waals surface area contributed by atoms with Crippen molar-refractivity contribution in [1.29, 1.82) is 0 Å². The molecule has 1 fully saturated rings. The molecule has 3 nitrogen and oxygen atoms in total. The van der Waals surface area contributed by atoms with Crippen molar-refractivity contribution in [3.8, 4) is 12.3 Å². The van der Waals surface area contributed by atoms with Crippen LogP contribution in [0.25, 0.3) is 0 Å². The van der Waals surface area contributed by atoms with E-state index in [2.05, 4.69) is 5.92 Å². The van der Waals surface area contributed by atoms with Crippen LogP contribution in [0.3, 0.4) is 0 Å². The molecule has 0 unspecified atom stereocenters. The first-order valence-corrected chi connectivity index (χ1v) is 6.46. The molecular formula is C15H14F3NO2. The topological polar surface area (TPSA) is 40.5 Å². The Morgan fingerprint density at radius 3 is 2.57 bits per heavy atom. The Bertz CT molecular complexity index is 586. The fraction of sp³-hybridized carbons (Fsp3) is 0.400. The first-order chi connectivity index (χ1) is 9.82. The molecule has 2 rings (SSSR count). The van der Waals surface area contributed by atoms with Crippen LogP contribution >= 0.6 is 0 Å². The van der Waals surface area contributed by atoms with Gasteiger partial charge in [-0.2, -0.15) is 13.2 Å². The van der Waals surface area contributed by atoms with Gasteiger partial charge in [-0.1, -0.05) is 5.92 Å². The number of carbonyl (C=O) groups is 1. The van der Waals surface area contributed by atoms with E-state index in [0.717, 1.165) is 25.0 Å². The van der Waals surface area contributed by atoms with Crippen LogP contribution in [0.1, 0.15) is 28.8 Å². The minimum absolute atomic E-state index is 0.237.